The molecule has 0 bridgehead atoms. The minimum absolute atomic E-state index is 0.747. The fourth-order valence-electron chi connectivity index (χ4n) is 7.06. The summed E-state index contributed by atoms with van der Waals surface area (Å²) in [7, 11) is 0. The van der Waals surface area contributed by atoms with Gasteiger partial charge in [0.2, 0.25) is 0 Å². The number of rotatable bonds is 42. The fourth-order valence-corrected chi connectivity index (χ4v) is 7.06. The Bertz CT molecular complexity index is 735. The summed E-state index contributed by atoms with van der Waals surface area (Å²) in [5, 5.41) is 0. The lowest BCUT2D eigenvalue weighted by Gasteiger charge is -2.34. The number of allylic oxidation sites excluding steroid dienone is 6. The molecule has 0 unspecified atom stereocenters. The molecule has 0 atom stereocenters. The Morgan fingerprint density at radius 1 is 0.321 bits per heavy atom. The third-order valence-electron chi connectivity index (χ3n) is 10.5. The first kappa shape index (κ1) is 52.1. The minimum Gasteiger partial charge on any atom is -0.327 e. The van der Waals surface area contributed by atoms with Gasteiger partial charge in [-0.1, -0.05) is 183 Å². The Morgan fingerprint density at radius 2 is 0.566 bits per heavy atom. The zero-order valence-corrected chi connectivity index (χ0v) is 37.4. The quantitative estimate of drug-likeness (QED) is 0.0354. The summed E-state index contributed by atoms with van der Waals surface area (Å²) in [6.07, 6.45) is 49.4. The predicted molar refractivity (Wildman–Crippen MR) is 237 cm³/mol. The van der Waals surface area contributed by atoms with Crippen molar-refractivity contribution in [2.75, 3.05) is 19.8 Å². The van der Waals surface area contributed by atoms with Crippen molar-refractivity contribution in [1.82, 2.24) is 0 Å². The molecule has 0 aliphatic carbocycles. The smallest absolute Gasteiger partial charge is 0.282 e. The van der Waals surface area contributed by atoms with Crippen molar-refractivity contribution < 1.29 is 14.2 Å². The van der Waals surface area contributed by atoms with Crippen LogP contribution in [0.3, 0.4) is 0 Å². The number of hydrogen-bond acceptors (Lipinski definition) is 3. The van der Waals surface area contributed by atoms with E-state index in [2.05, 4.69) is 66.7 Å². The average Bonchev–Trinajstić information content (AvgIpc) is 3.12. The molecule has 0 saturated heterocycles. The van der Waals surface area contributed by atoms with Gasteiger partial charge in [-0.05, 0) is 106 Å². The van der Waals surface area contributed by atoms with E-state index in [1.165, 1.54) is 197 Å². The SMILES string of the molecule is CCCCCCCCCCC(OCCCCCCCCCC=C(C)C)(OCCCCCCCCCC=C(C)C)OCCCCCCCCCC=C(C)C. The summed E-state index contributed by atoms with van der Waals surface area (Å²) >= 11 is 0. The van der Waals surface area contributed by atoms with E-state index < -0.39 is 5.97 Å². The third-order valence-corrected chi connectivity index (χ3v) is 10.5. The first-order valence-electron chi connectivity index (χ1n) is 23.6. The van der Waals surface area contributed by atoms with Crippen molar-refractivity contribution in [1.29, 1.82) is 0 Å². The second kappa shape index (κ2) is 40.8. The van der Waals surface area contributed by atoms with E-state index in [-0.39, 0.29) is 0 Å². The highest BCUT2D eigenvalue weighted by molar-refractivity contribution is 4.93. The van der Waals surface area contributed by atoms with Gasteiger partial charge in [0.25, 0.3) is 5.97 Å². The van der Waals surface area contributed by atoms with Crippen LogP contribution in [0.15, 0.2) is 34.9 Å². The van der Waals surface area contributed by atoms with E-state index in [1.807, 2.05) is 0 Å². The minimum atomic E-state index is -0.858. The summed E-state index contributed by atoms with van der Waals surface area (Å²) in [4.78, 5) is 0. The van der Waals surface area contributed by atoms with Crippen LogP contribution in [0.1, 0.15) is 260 Å². The summed E-state index contributed by atoms with van der Waals surface area (Å²) in [5.41, 5.74) is 4.35. The van der Waals surface area contributed by atoms with E-state index in [4.69, 9.17) is 14.2 Å². The van der Waals surface area contributed by atoms with Crippen molar-refractivity contribution in [2.24, 2.45) is 0 Å². The van der Waals surface area contributed by atoms with Crippen molar-refractivity contribution >= 4 is 0 Å². The molecule has 3 heteroatoms. The molecule has 0 saturated carbocycles. The number of hydrogen-bond donors (Lipinski definition) is 0. The van der Waals surface area contributed by atoms with Gasteiger partial charge in [-0.15, -0.1) is 0 Å². The van der Waals surface area contributed by atoms with Crippen LogP contribution >= 0.6 is 0 Å². The van der Waals surface area contributed by atoms with Crippen molar-refractivity contribution in [3.8, 4) is 0 Å². The molecule has 0 aromatic carbocycles. The van der Waals surface area contributed by atoms with E-state index in [0.717, 1.165) is 51.9 Å². The molecule has 0 fully saturated rings. The van der Waals surface area contributed by atoms with Gasteiger partial charge in [0.05, 0.1) is 19.8 Å². The first-order chi connectivity index (χ1) is 25.8. The van der Waals surface area contributed by atoms with E-state index >= 15 is 0 Å². The molecule has 0 spiro atoms. The van der Waals surface area contributed by atoms with Crippen LogP contribution in [0.5, 0.6) is 0 Å². The van der Waals surface area contributed by atoms with Crippen molar-refractivity contribution in [3.05, 3.63) is 34.9 Å². The van der Waals surface area contributed by atoms with Gasteiger partial charge in [0, 0.05) is 6.42 Å². The van der Waals surface area contributed by atoms with Crippen LogP contribution in [-0.2, 0) is 14.2 Å². The summed E-state index contributed by atoms with van der Waals surface area (Å²) in [6, 6.07) is 0. The zero-order valence-electron chi connectivity index (χ0n) is 37.4. The van der Waals surface area contributed by atoms with Crippen LogP contribution in [-0.4, -0.2) is 25.8 Å². The molecular formula is C50H96O3. The van der Waals surface area contributed by atoms with Crippen LogP contribution in [0.4, 0.5) is 0 Å². The molecule has 0 rings (SSSR count). The largest absolute Gasteiger partial charge is 0.327 e. The van der Waals surface area contributed by atoms with Crippen LogP contribution in [0.25, 0.3) is 0 Å². The molecule has 0 aromatic rings. The van der Waals surface area contributed by atoms with Gasteiger partial charge in [-0.25, -0.2) is 0 Å². The molecule has 0 aliphatic heterocycles. The first-order valence-corrected chi connectivity index (χ1v) is 23.6. The molecule has 314 valence electrons. The molecule has 3 nitrogen and oxygen atoms in total. The highest BCUT2D eigenvalue weighted by Crippen LogP contribution is 2.27. The monoisotopic (exact) mass is 745 g/mol. The number of unbranched alkanes of at least 4 members (excludes halogenated alkanes) is 28. The molecule has 0 heterocycles. The molecule has 0 radical (unpaired) electrons. The summed E-state index contributed by atoms with van der Waals surface area (Å²) in [6.45, 7) is 17.8. The Kier molecular flexibility index (Phi) is 40.1. The highest BCUT2D eigenvalue weighted by Gasteiger charge is 2.33. The van der Waals surface area contributed by atoms with Gasteiger partial charge in [-0.2, -0.15) is 0 Å². The van der Waals surface area contributed by atoms with Gasteiger partial charge >= 0.3 is 0 Å². The van der Waals surface area contributed by atoms with Gasteiger partial charge < -0.3 is 14.2 Å². The standard InChI is InChI=1S/C50H96O3/c1-8-9-10-11-12-22-29-36-43-50(51-44-37-30-23-16-13-19-26-33-40-47(2)3,52-45-38-31-24-17-14-20-27-34-41-48(4)5)53-46-39-32-25-18-15-21-28-35-42-49(6)7/h40-42H,8-39,43-46H2,1-7H3. The van der Waals surface area contributed by atoms with Crippen LogP contribution in [0.2, 0.25) is 0 Å². The summed E-state index contributed by atoms with van der Waals surface area (Å²) < 4.78 is 20.1. The Labute approximate surface area is 334 Å². The predicted octanol–water partition coefficient (Wildman–Crippen LogP) is 17.5. The van der Waals surface area contributed by atoms with Crippen molar-refractivity contribution in [2.45, 2.75) is 266 Å². The molecule has 0 amide bonds. The van der Waals surface area contributed by atoms with Gasteiger partial charge in [0.15, 0.2) is 0 Å². The van der Waals surface area contributed by atoms with Crippen LogP contribution < -0.4 is 0 Å². The van der Waals surface area contributed by atoms with Gasteiger partial charge in [-0.3, -0.25) is 0 Å². The maximum absolute atomic E-state index is 6.71. The highest BCUT2D eigenvalue weighted by atomic mass is 16.9. The Balaban J connectivity index is 4.93. The van der Waals surface area contributed by atoms with Crippen LogP contribution in [0, 0.1) is 0 Å². The molecule has 53 heavy (non-hydrogen) atoms. The average molecular weight is 745 g/mol. The zero-order chi connectivity index (χ0) is 38.9. The summed E-state index contributed by atoms with van der Waals surface area (Å²) in [5.74, 6) is -0.858. The van der Waals surface area contributed by atoms with Crippen molar-refractivity contribution in [3.63, 3.8) is 0 Å². The lowest BCUT2D eigenvalue weighted by molar-refractivity contribution is -0.384. The molecule has 0 aromatic heterocycles. The second-order valence-corrected chi connectivity index (χ2v) is 17.1. The Hall–Kier alpha value is -0.900. The maximum atomic E-state index is 6.71. The van der Waals surface area contributed by atoms with E-state index in [1.54, 1.807) is 0 Å². The molecular weight excluding hydrogens is 649 g/mol. The van der Waals surface area contributed by atoms with Gasteiger partial charge in [0.1, 0.15) is 0 Å². The second-order valence-electron chi connectivity index (χ2n) is 17.1. The fraction of sp³-hybridized carbons (Fsp3) is 0.880. The van der Waals surface area contributed by atoms with E-state index in [9.17, 15) is 0 Å². The topological polar surface area (TPSA) is 27.7 Å². The molecule has 0 aliphatic rings. The maximum Gasteiger partial charge on any atom is 0.282 e. The molecule has 0 N–H and O–H groups in total. The van der Waals surface area contributed by atoms with E-state index in [0.29, 0.717) is 0 Å². The Morgan fingerprint density at radius 3 is 0.849 bits per heavy atom. The normalized spacial score (nSPS) is 11.6. The lowest BCUT2D eigenvalue weighted by Crippen LogP contribution is -2.40. The number of ether oxygens (including phenoxy) is 3. The lowest BCUT2D eigenvalue weighted by atomic mass is 10.1. The third kappa shape index (κ3) is 40.6.